The molecule has 0 N–H and O–H groups in total. The highest BCUT2D eigenvalue weighted by Gasteiger charge is 2.19. The highest BCUT2D eigenvalue weighted by molar-refractivity contribution is 5.71. The molecule has 0 saturated carbocycles. The molecule has 0 aromatic rings. The van der Waals surface area contributed by atoms with Crippen LogP contribution in [0.4, 0.5) is 0 Å². The van der Waals surface area contributed by atoms with Gasteiger partial charge in [-0.05, 0) is 19.3 Å². The zero-order valence-corrected chi connectivity index (χ0v) is 40.8. The molecule has 0 aliphatic carbocycles. The Bertz CT molecular complexity index is 889. The van der Waals surface area contributed by atoms with Gasteiger partial charge < -0.3 is 14.2 Å². The number of hydrogen-bond donors (Lipinski definition) is 0. The molecular weight excluding hydrogens is 745 g/mol. The van der Waals surface area contributed by atoms with Crippen LogP contribution in [-0.4, -0.2) is 37.2 Å². The zero-order chi connectivity index (χ0) is 43.7. The molecule has 0 unspecified atom stereocenters. The smallest absolute Gasteiger partial charge is 0.306 e. The quantitative estimate of drug-likeness (QED) is 0.0345. The zero-order valence-electron chi connectivity index (χ0n) is 40.8. The molecule has 0 aromatic carbocycles. The van der Waals surface area contributed by atoms with E-state index in [0.29, 0.717) is 19.3 Å². The lowest BCUT2D eigenvalue weighted by molar-refractivity contribution is -0.167. The van der Waals surface area contributed by atoms with E-state index in [1.54, 1.807) is 0 Å². The molecule has 60 heavy (non-hydrogen) atoms. The lowest BCUT2D eigenvalue weighted by Gasteiger charge is -2.18. The lowest BCUT2D eigenvalue weighted by Crippen LogP contribution is -2.30. The Morgan fingerprint density at radius 1 is 0.267 bits per heavy atom. The van der Waals surface area contributed by atoms with Gasteiger partial charge in [-0.25, -0.2) is 0 Å². The van der Waals surface area contributed by atoms with Crippen LogP contribution in [0, 0.1) is 0 Å². The minimum absolute atomic E-state index is 0.0617. The van der Waals surface area contributed by atoms with Crippen molar-refractivity contribution in [3.05, 3.63) is 0 Å². The van der Waals surface area contributed by atoms with Crippen LogP contribution in [0.1, 0.15) is 310 Å². The van der Waals surface area contributed by atoms with Gasteiger partial charge in [-0.3, -0.25) is 14.4 Å². The van der Waals surface area contributed by atoms with E-state index < -0.39 is 6.10 Å². The average molecular weight is 849 g/mol. The maximum Gasteiger partial charge on any atom is 0.306 e. The van der Waals surface area contributed by atoms with Gasteiger partial charge in [0.1, 0.15) is 13.2 Å². The van der Waals surface area contributed by atoms with Gasteiger partial charge in [-0.15, -0.1) is 0 Å². The molecule has 1 atom stereocenters. The highest BCUT2D eigenvalue weighted by atomic mass is 16.6. The largest absolute Gasteiger partial charge is 0.462 e. The molecule has 0 saturated heterocycles. The van der Waals surface area contributed by atoms with Gasteiger partial charge in [0, 0.05) is 19.3 Å². The van der Waals surface area contributed by atoms with E-state index in [-0.39, 0.29) is 31.1 Å². The number of esters is 3. The van der Waals surface area contributed by atoms with Gasteiger partial charge in [0.2, 0.25) is 0 Å². The summed E-state index contributed by atoms with van der Waals surface area (Å²) in [5.74, 6) is -0.840. The molecule has 6 heteroatoms. The molecule has 0 fully saturated rings. The van der Waals surface area contributed by atoms with Crippen molar-refractivity contribution in [2.24, 2.45) is 0 Å². The molecule has 0 amide bonds. The normalized spacial score (nSPS) is 11.8. The topological polar surface area (TPSA) is 78.9 Å². The summed E-state index contributed by atoms with van der Waals surface area (Å²) in [6.07, 6.45) is 53.8. The molecule has 0 aromatic heterocycles. The van der Waals surface area contributed by atoms with Crippen molar-refractivity contribution in [1.82, 2.24) is 0 Å². The maximum absolute atomic E-state index is 12.8. The second kappa shape index (κ2) is 50.1. The van der Waals surface area contributed by atoms with Crippen LogP contribution in [0.3, 0.4) is 0 Å². The molecule has 0 spiro atoms. The first-order valence-electron chi connectivity index (χ1n) is 27.0. The number of carbonyl (C=O) groups is 3. The lowest BCUT2D eigenvalue weighted by atomic mass is 10.0. The van der Waals surface area contributed by atoms with Crippen LogP contribution < -0.4 is 0 Å². The van der Waals surface area contributed by atoms with Crippen molar-refractivity contribution >= 4 is 17.9 Å². The van der Waals surface area contributed by atoms with Gasteiger partial charge in [0.25, 0.3) is 0 Å². The second-order valence-corrected chi connectivity index (χ2v) is 18.5. The van der Waals surface area contributed by atoms with Crippen LogP contribution in [0.5, 0.6) is 0 Å². The number of carbonyl (C=O) groups excluding carboxylic acids is 3. The van der Waals surface area contributed by atoms with Crippen molar-refractivity contribution in [2.45, 2.75) is 316 Å². The van der Waals surface area contributed by atoms with Crippen molar-refractivity contribution in [2.75, 3.05) is 13.2 Å². The third-order valence-corrected chi connectivity index (χ3v) is 12.4. The number of rotatable bonds is 50. The van der Waals surface area contributed by atoms with Crippen LogP contribution in [0.2, 0.25) is 0 Å². The first-order chi connectivity index (χ1) is 29.5. The SMILES string of the molecule is CCCCCCCCCCCCCCCCCCCCCC(=O)OC[C@H](COC(=O)CCCCCCCCCCCCCC)OC(=O)CCCCCCCCCCCCC. The second-order valence-electron chi connectivity index (χ2n) is 18.5. The Morgan fingerprint density at radius 3 is 0.667 bits per heavy atom. The fourth-order valence-electron chi connectivity index (χ4n) is 8.27. The minimum atomic E-state index is -0.759. The molecule has 0 rings (SSSR count). The third-order valence-electron chi connectivity index (χ3n) is 12.4. The first-order valence-corrected chi connectivity index (χ1v) is 27.0. The van der Waals surface area contributed by atoms with E-state index in [4.69, 9.17) is 14.2 Å². The number of ether oxygens (including phenoxy) is 3. The Hall–Kier alpha value is -1.59. The summed E-state index contributed by atoms with van der Waals surface area (Å²) >= 11 is 0. The molecule has 6 nitrogen and oxygen atoms in total. The van der Waals surface area contributed by atoms with E-state index in [2.05, 4.69) is 20.8 Å². The third kappa shape index (κ3) is 47.5. The molecule has 0 bridgehead atoms. The van der Waals surface area contributed by atoms with Crippen molar-refractivity contribution in [1.29, 1.82) is 0 Å². The summed E-state index contributed by atoms with van der Waals surface area (Å²) in [7, 11) is 0. The molecular formula is C54H104O6. The molecule has 0 aliphatic rings. The maximum atomic E-state index is 12.8. The number of hydrogen-bond acceptors (Lipinski definition) is 6. The first kappa shape index (κ1) is 58.4. The van der Waals surface area contributed by atoms with E-state index in [1.807, 2.05) is 0 Å². The minimum Gasteiger partial charge on any atom is -0.462 e. The van der Waals surface area contributed by atoms with Gasteiger partial charge in [-0.2, -0.15) is 0 Å². The Kier molecular flexibility index (Phi) is 48.7. The van der Waals surface area contributed by atoms with Crippen molar-refractivity contribution < 1.29 is 28.6 Å². The van der Waals surface area contributed by atoms with Gasteiger partial charge in [-0.1, -0.05) is 271 Å². The Labute approximate surface area is 374 Å². The summed E-state index contributed by atoms with van der Waals surface area (Å²) in [6.45, 7) is 6.68. The fraction of sp³-hybridized carbons (Fsp3) is 0.944. The van der Waals surface area contributed by atoms with E-state index >= 15 is 0 Å². The van der Waals surface area contributed by atoms with Crippen molar-refractivity contribution in [3.8, 4) is 0 Å². The van der Waals surface area contributed by atoms with E-state index in [0.717, 1.165) is 57.8 Å². The summed E-state index contributed by atoms with van der Waals surface area (Å²) in [4.78, 5) is 37.9. The molecule has 0 radical (unpaired) electrons. The summed E-state index contributed by atoms with van der Waals surface area (Å²) in [6, 6.07) is 0. The van der Waals surface area contributed by atoms with E-state index in [1.165, 1.54) is 212 Å². The standard InChI is InChI=1S/C54H104O6/c1-4-7-10-13-16-19-22-24-25-26-27-28-29-30-33-35-38-41-44-47-53(56)59-50-51(60-54(57)48-45-42-39-36-31-21-18-15-12-9-6-3)49-58-52(55)46-43-40-37-34-32-23-20-17-14-11-8-5-2/h51H,4-50H2,1-3H3/t51-/m0/s1. The van der Waals surface area contributed by atoms with Gasteiger partial charge in [0.05, 0.1) is 0 Å². The van der Waals surface area contributed by atoms with Crippen LogP contribution in [0.15, 0.2) is 0 Å². The average Bonchev–Trinajstić information content (AvgIpc) is 3.24. The van der Waals surface area contributed by atoms with Gasteiger partial charge >= 0.3 is 17.9 Å². The number of unbranched alkanes of at least 4 members (excludes halogenated alkanes) is 39. The highest BCUT2D eigenvalue weighted by Crippen LogP contribution is 2.17. The van der Waals surface area contributed by atoms with Crippen LogP contribution >= 0.6 is 0 Å². The van der Waals surface area contributed by atoms with Crippen LogP contribution in [0.25, 0.3) is 0 Å². The van der Waals surface area contributed by atoms with E-state index in [9.17, 15) is 14.4 Å². The summed E-state index contributed by atoms with van der Waals surface area (Å²) < 4.78 is 16.8. The predicted molar refractivity (Wildman–Crippen MR) is 257 cm³/mol. The summed E-state index contributed by atoms with van der Waals surface area (Å²) in [5, 5.41) is 0. The Balaban J connectivity index is 4.22. The van der Waals surface area contributed by atoms with Crippen LogP contribution in [-0.2, 0) is 28.6 Å². The molecule has 356 valence electrons. The van der Waals surface area contributed by atoms with Crippen molar-refractivity contribution in [3.63, 3.8) is 0 Å². The van der Waals surface area contributed by atoms with Gasteiger partial charge in [0.15, 0.2) is 6.10 Å². The predicted octanol–water partition coefficient (Wildman–Crippen LogP) is 17.6. The monoisotopic (exact) mass is 849 g/mol. The fourth-order valence-corrected chi connectivity index (χ4v) is 8.27. The molecule has 0 aliphatic heterocycles. The Morgan fingerprint density at radius 2 is 0.450 bits per heavy atom. The molecule has 0 heterocycles. The summed E-state index contributed by atoms with van der Waals surface area (Å²) in [5.41, 5.74) is 0.